The van der Waals surface area contributed by atoms with Crippen molar-refractivity contribution in [2.24, 2.45) is 0 Å². The van der Waals surface area contributed by atoms with Crippen LogP contribution in [0.4, 0.5) is 5.69 Å². The van der Waals surface area contributed by atoms with Crippen LogP contribution in [0, 0.1) is 0 Å². The number of benzene rings is 1. The topological polar surface area (TPSA) is 55.7 Å². The molecule has 0 aliphatic carbocycles. The van der Waals surface area contributed by atoms with E-state index in [1.807, 2.05) is 6.20 Å². The Morgan fingerprint density at radius 3 is 2.66 bits per heavy atom. The maximum atomic E-state index is 5.07. The van der Waals surface area contributed by atoms with Gasteiger partial charge in [-0.05, 0) is 57.6 Å². The number of rotatable bonds is 3. The molecule has 2 fully saturated rings. The molecule has 3 aromatic heterocycles. The number of para-hydroxylation sites is 1. The smallest absolute Gasteiger partial charge is 0.130 e. The van der Waals surface area contributed by atoms with Crippen LogP contribution in [0.15, 0.2) is 48.8 Å². The molecule has 1 aromatic carbocycles. The lowest BCUT2D eigenvalue weighted by Gasteiger charge is -2.38. The standard InChI is InChI=1S/C25H31N7/c1-29-13-15-31(16-14-29)20-9-5-8-19-23(20)28-24(27-19)21-10-6-11-22(30(21)2)25-26-17-18-7-3-4-12-32(18)25/h3-5,7-9,12,17,21-22H,6,10-11,13-16H2,1-2H3,(H,27,28)/t21-,22+/m1/s1. The van der Waals surface area contributed by atoms with E-state index < -0.39 is 0 Å². The van der Waals surface area contributed by atoms with Crippen molar-refractivity contribution >= 4 is 22.2 Å². The second-order valence-electron chi connectivity index (χ2n) is 9.32. The van der Waals surface area contributed by atoms with Gasteiger partial charge in [0.25, 0.3) is 0 Å². The van der Waals surface area contributed by atoms with Crippen LogP contribution in [0.1, 0.15) is 43.0 Å². The van der Waals surface area contributed by atoms with Crippen LogP contribution in [0.3, 0.4) is 0 Å². The van der Waals surface area contributed by atoms with Gasteiger partial charge in [0.05, 0.1) is 40.5 Å². The summed E-state index contributed by atoms with van der Waals surface area (Å²) in [5.41, 5.74) is 4.68. The van der Waals surface area contributed by atoms with E-state index in [1.165, 1.54) is 17.6 Å². The number of hydrogen-bond donors (Lipinski definition) is 1. The van der Waals surface area contributed by atoms with Crippen molar-refractivity contribution in [3.8, 4) is 0 Å². The molecule has 0 saturated carbocycles. The average molecular weight is 430 g/mol. The number of nitrogens with zero attached hydrogens (tertiary/aromatic N) is 6. The molecule has 5 heterocycles. The average Bonchev–Trinajstić information content (AvgIpc) is 3.44. The lowest BCUT2D eigenvalue weighted by atomic mass is 9.95. The Bertz CT molecular complexity index is 1230. The quantitative estimate of drug-likeness (QED) is 0.536. The number of hydrogen-bond acceptors (Lipinski definition) is 5. The lowest BCUT2D eigenvalue weighted by Crippen LogP contribution is -2.44. The highest BCUT2D eigenvalue weighted by atomic mass is 15.3. The van der Waals surface area contributed by atoms with Crippen molar-refractivity contribution in [1.29, 1.82) is 0 Å². The fourth-order valence-electron chi connectivity index (χ4n) is 5.49. The van der Waals surface area contributed by atoms with E-state index in [9.17, 15) is 0 Å². The number of piperazine rings is 1. The third kappa shape index (κ3) is 3.27. The Morgan fingerprint density at radius 1 is 0.938 bits per heavy atom. The van der Waals surface area contributed by atoms with Gasteiger partial charge in [0, 0.05) is 32.4 Å². The first kappa shape index (κ1) is 19.8. The van der Waals surface area contributed by atoms with Crippen LogP contribution < -0.4 is 4.90 Å². The van der Waals surface area contributed by atoms with Crippen molar-refractivity contribution in [3.05, 3.63) is 60.4 Å². The van der Waals surface area contributed by atoms with E-state index in [-0.39, 0.29) is 12.1 Å². The maximum absolute atomic E-state index is 5.07. The third-order valence-electron chi connectivity index (χ3n) is 7.38. The Kier molecular flexibility index (Phi) is 4.88. The van der Waals surface area contributed by atoms with Crippen LogP contribution in [0.5, 0.6) is 0 Å². The van der Waals surface area contributed by atoms with Crippen LogP contribution in [0.2, 0.25) is 0 Å². The van der Waals surface area contributed by atoms with E-state index in [2.05, 4.69) is 80.8 Å². The minimum Gasteiger partial charge on any atom is -0.367 e. The normalized spacial score (nSPS) is 23.4. The SMILES string of the molecule is CN1CCN(c2cccc3nc([C@H]4CCC[C@@H](c5ncc6ccccn56)N4C)[nH]c23)CC1. The van der Waals surface area contributed by atoms with Crippen LogP contribution in [-0.2, 0) is 0 Å². The molecule has 0 radical (unpaired) electrons. The molecule has 166 valence electrons. The van der Waals surface area contributed by atoms with E-state index in [1.54, 1.807) is 0 Å². The van der Waals surface area contributed by atoms with Gasteiger partial charge < -0.3 is 19.2 Å². The molecule has 2 atom stereocenters. The molecule has 0 spiro atoms. The number of aromatic amines is 1. The van der Waals surface area contributed by atoms with Gasteiger partial charge in [-0.1, -0.05) is 12.1 Å². The summed E-state index contributed by atoms with van der Waals surface area (Å²) in [5.74, 6) is 2.21. The molecule has 1 N–H and O–H groups in total. The third-order valence-corrected chi connectivity index (χ3v) is 7.38. The molecule has 0 unspecified atom stereocenters. The van der Waals surface area contributed by atoms with Gasteiger partial charge in [-0.2, -0.15) is 0 Å². The van der Waals surface area contributed by atoms with E-state index in [0.717, 1.165) is 61.7 Å². The zero-order chi connectivity index (χ0) is 21.7. The first-order valence-electron chi connectivity index (χ1n) is 11.7. The Labute approximate surface area is 188 Å². The van der Waals surface area contributed by atoms with Gasteiger partial charge in [-0.25, -0.2) is 9.97 Å². The summed E-state index contributed by atoms with van der Waals surface area (Å²) in [7, 11) is 4.43. The molecule has 32 heavy (non-hydrogen) atoms. The van der Waals surface area contributed by atoms with E-state index in [4.69, 9.17) is 9.97 Å². The molecule has 7 nitrogen and oxygen atoms in total. The monoisotopic (exact) mass is 429 g/mol. The first-order valence-corrected chi connectivity index (χ1v) is 11.7. The highest BCUT2D eigenvalue weighted by molar-refractivity contribution is 5.89. The van der Waals surface area contributed by atoms with E-state index >= 15 is 0 Å². The van der Waals surface area contributed by atoms with Crippen molar-refractivity contribution in [1.82, 2.24) is 29.2 Å². The molecular formula is C25H31N7. The summed E-state index contributed by atoms with van der Waals surface area (Å²) in [6.07, 6.45) is 7.51. The summed E-state index contributed by atoms with van der Waals surface area (Å²) < 4.78 is 2.23. The first-order chi connectivity index (χ1) is 15.7. The number of likely N-dealkylation sites (N-methyl/N-ethyl adjacent to an activating group) is 1. The highest BCUT2D eigenvalue weighted by Gasteiger charge is 2.34. The Balaban J connectivity index is 1.33. The van der Waals surface area contributed by atoms with Crippen molar-refractivity contribution < 1.29 is 0 Å². The molecular weight excluding hydrogens is 398 g/mol. The molecule has 2 aliphatic rings. The second kappa shape index (κ2) is 7.90. The number of pyridine rings is 1. The minimum atomic E-state index is 0.262. The zero-order valence-electron chi connectivity index (χ0n) is 18.9. The van der Waals surface area contributed by atoms with Gasteiger partial charge >= 0.3 is 0 Å². The highest BCUT2D eigenvalue weighted by Crippen LogP contribution is 2.40. The van der Waals surface area contributed by atoms with Gasteiger partial charge in [0.1, 0.15) is 11.6 Å². The summed E-state index contributed by atoms with van der Waals surface area (Å²) >= 11 is 0. The molecule has 6 rings (SSSR count). The van der Waals surface area contributed by atoms with Gasteiger partial charge in [-0.15, -0.1) is 0 Å². The molecule has 0 bridgehead atoms. The van der Waals surface area contributed by atoms with Gasteiger partial charge in [0.2, 0.25) is 0 Å². The molecule has 2 aliphatic heterocycles. The van der Waals surface area contributed by atoms with Crippen molar-refractivity contribution in [2.45, 2.75) is 31.3 Å². The molecule has 0 amide bonds. The number of aromatic nitrogens is 4. The summed E-state index contributed by atoms with van der Waals surface area (Å²) in [6, 6.07) is 13.3. The number of nitrogens with one attached hydrogen (secondary N) is 1. The summed E-state index contributed by atoms with van der Waals surface area (Å²) in [6.45, 7) is 4.32. The fraction of sp³-hybridized carbons (Fsp3) is 0.440. The maximum Gasteiger partial charge on any atom is 0.130 e. The number of piperidine rings is 1. The Morgan fingerprint density at radius 2 is 1.78 bits per heavy atom. The summed E-state index contributed by atoms with van der Waals surface area (Å²) in [5, 5.41) is 0. The predicted octanol–water partition coefficient (Wildman–Crippen LogP) is 3.86. The zero-order valence-corrected chi connectivity index (χ0v) is 18.9. The lowest BCUT2D eigenvalue weighted by molar-refractivity contribution is 0.104. The molecule has 4 aromatic rings. The number of likely N-dealkylation sites (tertiary alicyclic amines) is 1. The van der Waals surface area contributed by atoms with Crippen LogP contribution in [0.25, 0.3) is 16.6 Å². The summed E-state index contributed by atoms with van der Waals surface area (Å²) in [4.78, 5) is 21.0. The second-order valence-corrected chi connectivity index (χ2v) is 9.32. The number of anilines is 1. The molecule has 7 heteroatoms. The fourth-order valence-corrected chi connectivity index (χ4v) is 5.49. The molecule has 2 saturated heterocycles. The largest absolute Gasteiger partial charge is 0.367 e. The van der Waals surface area contributed by atoms with Crippen LogP contribution >= 0.6 is 0 Å². The van der Waals surface area contributed by atoms with Gasteiger partial charge in [0.15, 0.2) is 0 Å². The van der Waals surface area contributed by atoms with Crippen molar-refractivity contribution in [2.75, 3.05) is 45.2 Å². The number of fused-ring (bicyclic) bond motifs is 2. The Hall–Kier alpha value is -2.90. The number of H-pyrrole nitrogens is 1. The van der Waals surface area contributed by atoms with Crippen molar-refractivity contribution in [3.63, 3.8) is 0 Å². The van der Waals surface area contributed by atoms with Gasteiger partial charge in [-0.3, -0.25) is 4.90 Å². The minimum absolute atomic E-state index is 0.262. The van der Waals surface area contributed by atoms with Crippen LogP contribution in [-0.4, -0.2) is 69.4 Å². The van der Waals surface area contributed by atoms with E-state index in [0.29, 0.717) is 0 Å². The predicted molar refractivity (Wildman–Crippen MR) is 128 cm³/mol. The number of imidazole rings is 2.